The summed E-state index contributed by atoms with van der Waals surface area (Å²) >= 11 is 1.31. The van der Waals surface area contributed by atoms with Gasteiger partial charge in [-0.05, 0) is 54.3 Å². The Balaban J connectivity index is 1.65. The van der Waals surface area contributed by atoms with Crippen LogP contribution in [-0.2, 0) is 0 Å². The van der Waals surface area contributed by atoms with Crippen molar-refractivity contribution in [3.63, 3.8) is 0 Å². The van der Waals surface area contributed by atoms with Gasteiger partial charge in [0.1, 0.15) is 16.8 Å². The lowest BCUT2D eigenvalue weighted by molar-refractivity contribution is 0.0733. The molecule has 4 aromatic rings. The summed E-state index contributed by atoms with van der Waals surface area (Å²) in [6, 6.07) is 18.4. The first-order valence-corrected chi connectivity index (χ1v) is 10.2. The predicted molar refractivity (Wildman–Crippen MR) is 116 cm³/mol. The number of rotatable bonds is 6. The van der Waals surface area contributed by atoms with Crippen molar-refractivity contribution in [3.8, 4) is 17.6 Å². The number of nitrogens with zero attached hydrogens (tertiary/aromatic N) is 2. The van der Waals surface area contributed by atoms with Crippen LogP contribution in [0, 0.1) is 11.3 Å². The molecule has 0 fully saturated rings. The van der Waals surface area contributed by atoms with Crippen LogP contribution in [0.1, 0.15) is 28.0 Å². The number of imidazole rings is 1. The Bertz CT molecular complexity index is 1230. The van der Waals surface area contributed by atoms with Crippen LogP contribution in [0.15, 0.2) is 60.0 Å². The Morgan fingerprint density at radius 3 is 2.80 bits per heavy atom. The lowest BCUT2D eigenvalue weighted by atomic mass is 10.1. The molecule has 0 aliphatic rings. The smallest absolute Gasteiger partial charge is 0.353 e. The van der Waals surface area contributed by atoms with Crippen molar-refractivity contribution in [3.05, 3.63) is 76.2 Å². The molecule has 0 bridgehead atoms. The normalized spacial score (nSPS) is 11.3. The number of hydrogen-bond donors (Lipinski definition) is 1. The van der Waals surface area contributed by atoms with Crippen LogP contribution in [0.2, 0.25) is 0 Å². The molecule has 7 heteroatoms. The minimum absolute atomic E-state index is 0.328. The van der Waals surface area contributed by atoms with Crippen LogP contribution >= 0.6 is 11.3 Å². The summed E-state index contributed by atoms with van der Waals surface area (Å²) in [7, 11) is 0. The monoisotopic (exact) mass is 415 g/mol. The maximum Gasteiger partial charge on any atom is 0.353 e. The zero-order valence-corrected chi connectivity index (χ0v) is 16.9. The van der Waals surface area contributed by atoms with E-state index in [9.17, 15) is 10.1 Å². The third-order valence-corrected chi connectivity index (χ3v) is 5.12. The van der Waals surface area contributed by atoms with E-state index in [1.165, 1.54) is 11.3 Å². The number of ether oxygens (including phenoxy) is 2. The molecule has 2 aromatic carbocycles. The van der Waals surface area contributed by atoms with E-state index in [4.69, 9.17) is 9.47 Å². The molecule has 0 saturated carbocycles. The zero-order valence-electron chi connectivity index (χ0n) is 16.1. The maximum absolute atomic E-state index is 12.3. The molecule has 0 saturated heterocycles. The molecule has 0 amide bonds. The number of allylic oxidation sites excluding steroid dienone is 1. The highest BCUT2D eigenvalue weighted by atomic mass is 32.1. The van der Waals surface area contributed by atoms with Crippen molar-refractivity contribution < 1.29 is 14.3 Å². The zero-order chi connectivity index (χ0) is 20.9. The minimum atomic E-state index is -0.436. The number of benzene rings is 2. The summed E-state index contributed by atoms with van der Waals surface area (Å²) in [6.45, 7) is 2.26. The third kappa shape index (κ3) is 4.09. The molecule has 1 N–H and O–H groups in total. The number of thiophene rings is 1. The van der Waals surface area contributed by atoms with Crippen molar-refractivity contribution in [2.45, 2.75) is 6.92 Å². The molecule has 0 radical (unpaired) electrons. The van der Waals surface area contributed by atoms with E-state index in [0.29, 0.717) is 34.4 Å². The number of nitrogens with one attached hydrogen (secondary N) is 1. The van der Waals surface area contributed by atoms with Crippen molar-refractivity contribution in [2.75, 3.05) is 6.61 Å². The lowest BCUT2D eigenvalue weighted by Gasteiger charge is -2.11. The molecule has 30 heavy (non-hydrogen) atoms. The number of esters is 1. The number of fused-ring (bicyclic) bond motifs is 1. The molecule has 0 spiro atoms. The van der Waals surface area contributed by atoms with E-state index < -0.39 is 5.97 Å². The van der Waals surface area contributed by atoms with Gasteiger partial charge < -0.3 is 14.5 Å². The number of carbonyl (C=O) groups excluding carboxylic acids is 1. The molecule has 0 atom stereocenters. The largest absolute Gasteiger partial charge is 0.490 e. The maximum atomic E-state index is 12.3. The number of H-pyrrole nitrogens is 1. The highest BCUT2D eigenvalue weighted by Gasteiger charge is 2.14. The van der Waals surface area contributed by atoms with Gasteiger partial charge in [-0.25, -0.2) is 9.78 Å². The van der Waals surface area contributed by atoms with Crippen LogP contribution < -0.4 is 9.47 Å². The molecule has 148 valence electrons. The highest BCUT2D eigenvalue weighted by Crippen LogP contribution is 2.31. The van der Waals surface area contributed by atoms with Gasteiger partial charge in [-0.1, -0.05) is 24.3 Å². The SMILES string of the molecule is CCOc1cc(C=C(C#N)c2nc3ccccc3[nH]2)ccc1OC(=O)c1cccs1. The van der Waals surface area contributed by atoms with Gasteiger partial charge in [0.25, 0.3) is 0 Å². The molecule has 0 unspecified atom stereocenters. The second kappa shape index (κ2) is 8.64. The number of hydrogen-bond acceptors (Lipinski definition) is 6. The van der Waals surface area contributed by atoms with Crippen molar-refractivity contribution >= 4 is 40.0 Å². The molecule has 0 aliphatic heterocycles. The van der Waals surface area contributed by atoms with E-state index >= 15 is 0 Å². The van der Waals surface area contributed by atoms with Gasteiger partial charge >= 0.3 is 5.97 Å². The molecular weight excluding hydrogens is 398 g/mol. The average molecular weight is 415 g/mol. The van der Waals surface area contributed by atoms with Gasteiger partial charge in [0.05, 0.1) is 23.2 Å². The van der Waals surface area contributed by atoms with E-state index in [1.807, 2.05) is 36.6 Å². The van der Waals surface area contributed by atoms with Crippen LogP contribution in [0.5, 0.6) is 11.5 Å². The topological polar surface area (TPSA) is 88.0 Å². The Morgan fingerprint density at radius 1 is 1.20 bits per heavy atom. The number of aromatic amines is 1. The van der Waals surface area contributed by atoms with Gasteiger partial charge in [-0.2, -0.15) is 5.26 Å². The van der Waals surface area contributed by atoms with Gasteiger partial charge in [-0.3, -0.25) is 0 Å². The lowest BCUT2D eigenvalue weighted by Crippen LogP contribution is -2.08. The molecule has 4 rings (SSSR count). The Kier molecular flexibility index (Phi) is 5.59. The molecular formula is C23H17N3O3S. The summed E-state index contributed by atoms with van der Waals surface area (Å²) in [5.41, 5.74) is 2.77. The average Bonchev–Trinajstić information content (AvgIpc) is 3.43. The summed E-state index contributed by atoms with van der Waals surface area (Å²) < 4.78 is 11.2. The van der Waals surface area contributed by atoms with Gasteiger partial charge in [0.15, 0.2) is 11.5 Å². The molecule has 6 nitrogen and oxygen atoms in total. The number of carbonyl (C=O) groups is 1. The first-order valence-electron chi connectivity index (χ1n) is 9.27. The fourth-order valence-electron chi connectivity index (χ4n) is 2.91. The number of aromatic nitrogens is 2. The second-order valence-corrected chi connectivity index (χ2v) is 7.23. The molecule has 0 aliphatic carbocycles. The van der Waals surface area contributed by atoms with Gasteiger partial charge in [0.2, 0.25) is 0 Å². The van der Waals surface area contributed by atoms with Crippen LogP contribution in [-0.4, -0.2) is 22.5 Å². The predicted octanol–water partition coefficient (Wildman–Crippen LogP) is 5.31. The Morgan fingerprint density at radius 2 is 2.07 bits per heavy atom. The van der Waals surface area contributed by atoms with E-state index in [-0.39, 0.29) is 0 Å². The minimum Gasteiger partial charge on any atom is -0.490 e. The number of para-hydroxylation sites is 2. The summed E-state index contributed by atoms with van der Waals surface area (Å²) in [6.07, 6.45) is 1.71. The van der Waals surface area contributed by atoms with Crippen molar-refractivity contribution in [2.24, 2.45) is 0 Å². The van der Waals surface area contributed by atoms with E-state index in [2.05, 4.69) is 16.0 Å². The molecule has 2 aromatic heterocycles. The van der Waals surface area contributed by atoms with Gasteiger partial charge in [-0.15, -0.1) is 11.3 Å². The fraction of sp³-hybridized carbons (Fsp3) is 0.0870. The van der Waals surface area contributed by atoms with Gasteiger partial charge in [0, 0.05) is 0 Å². The Hall–Kier alpha value is -3.89. The second-order valence-electron chi connectivity index (χ2n) is 6.28. The third-order valence-electron chi connectivity index (χ3n) is 4.27. The van der Waals surface area contributed by atoms with Crippen molar-refractivity contribution in [1.29, 1.82) is 5.26 Å². The van der Waals surface area contributed by atoms with Crippen LogP contribution in [0.25, 0.3) is 22.7 Å². The summed E-state index contributed by atoms with van der Waals surface area (Å²) in [5.74, 6) is 0.812. The Labute approximate surface area is 177 Å². The molecule has 2 heterocycles. The first-order chi connectivity index (χ1) is 14.7. The highest BCUT2D eigenvalue weighted by molar-refractivity contribution is 7.12. The standard InChI is InChI=1S/C23H17N3O3S/c1-2-28-20-13-15(9-10-19(20)29-23(27)21-8-5-11-30-21)12-16(14-24)22-25-17-6-3-4-7-18(17)26-22/h3-13H,2H2,1H3,(H,25,26). The summed E-state index contributed by atoms with van der Waals surface area (Å²) in [5, 5.41) is 11.5. The van der Waals surface area contributed by atoms with Crippen molar-refractivity contribution in [1.82, 2.24) is 9.97 Å². The quantitative estimate of drug-likeness (QED) is 0.262. The van der Waals surface area contributed by atoms with E-state index in [0.717, 1.165) is 16.6 Å². The van der Waals surface area contributed by atoms with Crippen LogP contribution in [0.3, 0.4) is 0 Å². The number of nitriles is 1. The summed E-state index contributed by atoms with van der Waals surface area (Å²) in [4.78, 5) is 20.4. The first kappa shape index (κ1) is 19.4. The van der Waals surface area contributed by atoms with Crippen LogP contribution in [0.4, 0.5) is 0 Å². The fourth-order valence-corrected chi connectivity index (χ4v) is 3.51. The van der Waals surface area contributed by atoms with E-state index in [1.54, 1.807) is 36.4 Å².